The number of pyridine rings is 1. The molecule has 0 saturated carbocycles. The van der Waals surface area contributed by atoms with Crippen LogP contribution >= 0.6 is 0 Å². The summed E-state index contributed by atoms with van der Waals surface area (Å²) in [6, 6.07) is 28.5. The number of para-hydroxylation sites is 1. The number of aromatic nitrogens is 2. The van der Waals surface area contributed by atoms with E-state index in [1.807, 2.05) is 0 Å². The van der Waals surface area contributed by atoms with Crippen LogP contribution in [0.25, 0.3) is 49.1 Å². The fourth-order valence-corrected chi connectivity index (χ4v) is 4.76. The molecule has 6 rings (SSSR count). The van der Waals surface area contributed by atoms with Crippen molar-refractivity contribution in [2.75, 3.05) is 0 Å². The van der Waals surface area contributed by atoms with Gasteiger partial charge in [0.25, 0.3) is 5.65 Å². The summed E-state index contributed by atoms with van der Waals surface area (Å²) >= 11 is 0. The molecule has 0 N–H and O–H groups in total. The number of rotatable bonds is 0. The van der Waals surface area contributed by atoms with Gasteiger partial charge in [-0.15, -0.1) is 0 Å². The monoisotopic (exact) mass is 347 g/mol. The van der Waals surface area contributed by atoms with E-state index in [2.05, 4.69) is 102 Å². The average Bonchev–Trinajstić information content (AvgIpc) is 3.01. The predicted octanol–water partition coefficient (Wildman–Crippen LogP) is 5.69. The van der Waals surface area contributed by atoms with Crippen LogP contribution in [0.5, 0.6) is 0 Å². The van der Waals surface area contributed by atoms with Gasteiger partial charge in [0, 0.05) is 16.2 Å². The van der Waals surface area contributed by atoms with Gasteiger partial charge in [0.1, 0.15) is 5.52 Å². The molecule has 0 radical (unpaired) electrons. The number of aryl methyl sites for hydroxylation is 2. The fraction of sp³-hybridized carbons (Fsp3) is 0.0800. The highest BCUT2D eigenvalue weighted by atomic mass is 15.1. The number of benzene rings is 4. The number of hydrogen-bond acceptors (Lipinski definition) is 0. The van der Waals surface area contributed by atoms with E-state index in [-0.39, 0.29) is 0 Å². The minimum atomic E-state index is 1.26. The summed E-state index contributed by atoms with van der Waals surface area (Å²) < 4.78 is 4.81. The first kappa shape index (κ1) is 14.7. The van der Waals surface area contributed by atoms with Gasteiger partial charge in [-0.3, -0.25) is 0 Å². The number of nitrogens with zero attached hydrogens (tertiary/aromatic N) is 2. The molecule has 0 aliphatic heterocycles. The van der Waals surface area contributed by atoms with Crippen LogP contribution in [0.4, 0.5) is 0 Å². The molecule has 0 fully saturated rings. The van der Waals surface area contributed by atoms with E-state index in [0.29, 0.717) is 0 Å². The summed E-state index contributed by atoms with van der Waals surface area (Å²) in [4.78, 5) is 0. The van der Waals surface area contributed by atoms with Crippen LogP contribution < -0.4 is 4.57 Å². The van der Waals surface area contributed by atoms with Crippen molar-refractivity contribution in [3.63, 3.8) is 0 Å². The quantitative estimate of drug-likeness (QED) is 0.247. The summed E-state index contributed by atoms with van der Waals surface area (Å²) in [5.74, 6) is 0. The van der Waals surface area contributed by atoms with Gasteiger partial charge < -0.3 is 0 Å². The molecule has 0 amide bonds. The molecule has 0 aliphatic carbocycles. The summed E-state index contributed by atoms with van der Waals surface area (Å²) in [5, 5.41) is 6.53. The van der Waals surface area contributed by atoms with Crippen LogP contribution in [0.2, 0.25) is 0 Å². The maximum Gasteiger partial charge on any atom is 0.295 e. The molecular formula is C25H19N2+. The number of fused-ring (bicyclic) bond motifs is 10. The van der Waals surface area contributed by atoms with Gasteiger partial charge in [0.2, 0.25) is 0 Å². The Labute approximate surface area is 156 Å². The van der Waals surface area contributed by atoms with Crippen LogP contribution in [-0.4, -0.2) is 4.40 Å². The van der Waals surface area contributed by atoms with E-state index in [0.717, 1.165) is 0 Å². The molecule has 0 saturated heterocycles. The second kappa shape index (κ2) is 5.08. The Morgan fingerprint density at radius 3 is 2.30 bits per heavy atom. The van der Waals surface area contributed by atoms with E-state index in [4.69, 9.17) is 0 Å². The third-order valence-corrected chi connectivity index (χ3v) is 5.92. The van der Waals surface area contributed by atoms with Crippen LogP contribution in [0.15, 0.2) is 78.9 Å². The summed E-state index contributed by atoms with van der Waals surface area (Å²) in [6.45, 7) is 2.22. The Bertz CT molecular complexity index is 1540. The molecule has 0 bridgehead atoms. The first-order valence-electron chi connectivity index (χ1n) is 9.37. The zero-order valence-electron chi connectivity index (χ0n) is 15.4. The second-order valence-electron chi connectivity index (χ2n) is 7.39. The molecule has 2 heterocycles. The van der Waals surface area contributed by atoms with E-state index >= 15 is 0 Å². The van der Waals surface area contributed by atoms with Crippen molar-refractivity contribution in [2.45, 2.75) is 6.92 Å². The zero-order valence-corrected chi connectivity index (χ0v) is 15.4. The number of hydrogen-bond donors (Lipinski definition) is 0. The largest absolute Gasteiger partial charge is 0.295 e. The zero-order chi connectivity index (χ0) is 18.1. The first-order valence-corrected chi connectivity index (χ1v) is 9.37. The Kier molecular flexibility index (Phi) is 2.77. The maximum atomic E-state index is 2.44. The van der Waals surface area contributed by atoms with Gasteiger partial charge in [0.15, 0.2) is 11.0 Å². The molecular weight excluding hydrogens is 328 g/mol. The lowest BCUT2D eigenvalue weighted by molar-refractivity contribution is -0.616. The molecule has 128 valence electrons. The van der Waals surface area contributed by atoms with Crippen LogP contribution in [-0.2, 0) is 7.05 Å². The SMILES string of the molecule is Cc1cccc2c3ccccc3n3c4ccc5ccccc5c4[n+](C)c3c12. The molecule has 6 aromatic rings. The predicted molar refractivity (Wildman–Crippen MR) is 113 cm³/mol. The Morgan fingerprint density at radius 2 is 1.41 bits per heavy atom. The summed E-state index contributed by atoms with van der Waals surface area (Å²) in [7, 11) is 2.20. The third-order valence-electron chi connectivity index (χ3n) is 5.92. The molecule has 0 spiro atoms. The van der Waals surface area contributed by atoms with Crippen molar-refractivity contribution in [2.24, 2.45) is 7.05 Å². The van der Waals surface area contributed by atoms with E-state index in [9.17, 15) is 0 Å². The summed E-state index contributed by atoms with van der Waals surface area (Å²) in [6.07, 6.45) is 0. The summed E-state index contributed by atoms with van der Waals surface area (Å²) in [5.41, 5.74) is 6.37. The smallest absolute Gasteiger partial charge is 0.225 e. The molecule has 0 aliphatic rings. The Balaban J connectivity index is 2.07. The lowest BCUT2D eigenvalue weighted by atomic mass is 10.0. The topological polar surface area (TPSA) is 8.29 Å². The average molecular weight is 347 g/mol. The lowest BCUT2D eigenvalue weighted by Gasteiger charge is -2.06. The Morgan fingerprint density at radius 1 is 0.667 bits per heavy atom. The minimum Gasteiger partial charge on any atom is -0.225 e. The molecule has 4 aromatic carbocycles. The van der Waals surface area contributed by atoms with Crippen molar-refractivity contribution in [3.8, 4) is 0 Å². The van der Waals surface area contributed by atoms with Gasteiger partial charge in [0.05, 0.1) is 12.4 Å². The van der Waals surface area contributed by atoms with Gasteiger partial charge in [-0.05, 0) is 42.1 Å². The van der Waals surface area contributed by atoms with Crippen LogP contribution in [0, 0.1) is 6.92 Å². The van der Waals surface area contributed by atoms with Gasteiger partial charge in [-0.25, -0.2) is 4.57 Å². The van der Waals surface area contributed by atoms with Crippen molar-refractivity contribution in [1.29, 1.82) is 0 Å². The highest BCUT2D eigenvalue weighted by molar-refractivity contribution is 6.15. The lowest BCUT2D eigenvalue weighted by Crippen LogP contribution is -2.27. The second-order valence-corrected chi connectivity index (χ2v) is 7.39. The van der Waals surface area contributed by atoms with Gasteiger partial charge >= 0.3 is 0 Å². The molecule has 0 atom stereocenters. The van der Waals surface area contributed by atoms with Crippen molar-refractivity contribution >= 4 is 49.1 Å². The Hall–Kier alpha value is -3.39. The molecule has 2 heteroatoms. The fourth-order valence-electron chi connectivity index (χ4n) is 4.76. The normalized spacial score (nSPS) is 12.1. The third kappa shape index (κ3) is 1.77. The number of imidazole rings is 1. The highest BCUT2D eigenvalue weighted by Crippen LogP contribution is 2.34. The van der Waals surface area contributed by atoms with Crippen LogP contribution in [0.3, 0.4) is 0 Å². The van der Waals surface area contributed by atoms with Gasteiger partial charge in [-0.2, -0.15) is 4.40 Å². The maximum absolute atomic E-state index is 2.44. The molecule has 27 heavy (non-hydrogen) atoms. The van der Waals surface area contributed by atoms with Crippen molar-refractivity contribution in [3.05, 3.63) is 84.4 Å². The standard InChI is InChI=1S/C25H19N2/c1-16-8-7-12-20-19-11-5-6-13-21(19)27-22-15-14-17-9-3-4-10-18(17)24(22)26(2)25(27)23(16)20/h3-15H,1-2H3/q+1. The van der Waals surface area contributed by atoms with Crippen molar-refractivity contribution in [1.82, 2.24) is 4.40 Å². The van der Waals surface area contributed by atoms with Gasteiger partial charge in [-0.1, -0.05) is 54.6 Å². The highest BCUT2D eigenvalue weighted by Gasteiger charge is 2.25. The van der Waals surface area contributed by atoms with Crippen molar-refractivity contribution < 1.29 is 4.57 Å². The molecule has 2 nitrogen and oxygen atoms in total. The molecule has 2 aromatic heterocycles. The van der Waals surface area contributed by atoms with Crippen LogP contribution in [0.1, 0.15) is 5.56 Å². The van der Waals surface area contributed by atoms with E-state index < -0.39 is 0 Å². The van der Waals surface area contributed by atoms with E-state index in [1.54, 1.807) is 0 Å². The first-order chi connectivity index (χ1) is 13.3. The van der Waals surface area contributed by atoms with E-state index in [1.165, 1.54) is 54.7 Å². The molecule has 0 unspecified atom stereocenters. The minimum absolute atomic E-state index is 1.26.